The minimum absolute atomic E-state index is 0.130. The van der Waals surface area contributed by atoms with E-state index in [1.165, 1.54) is 9.87 Å². The van der Waals surface area contributed by atoms with Gasteiger partial charge in [0, 0.05) is 30.7 Å². The minimum atomic E-state index is -3.52. The van der Waals surface area contributed by atoms with Gasteiger partial charge in [-0.25, -0.2) is 8.42 Å². The Hall–Kier alpha value is -2.18. The van der Waals surface area contributed by atoms with E-state index in [0.29, 0.717) is 30.8 Å². The third-order valence-corrected chi connectivity index (χ3v) is 8.26. The van der Waals surface area contributed by atoms with Crippen LogP contribution in [0.5, 0.6) is 0 Å². The molecular formula is C23H28N2O3S. The third kappa shape index (κ3) is 3.60. The number of carbonyl (C=O) groups excluding carboxylic acids is 1. The quantitative estimate of drug-likeness (QED) is 0.773. The topological polar surface area (TPSA) is 57.7 Å². The van der Waals surface area contributed by atoms with Crippen LogP contribution in [0.3, 0.4) is 0 Å². The number of fused-ring (bicyclic) bond motifs is 1. The fraction of sp³-hybridized carbons (Fsp3) is 0.435. The third-order valence-electron chi connectivity index (χ3n) is 6.36. The number of benzene rings is 2. The maximum absolute atomic E-state index is 13.2. The predicted molar refractivity (Wildman–Crippen MR) is 114 cm³/mol. The van der Waals surface area contributed by atoms with Crippen molar-refractivity contribution in [2.45, 2.75) is 51.0 Å². The normalized spacial score (nSPS) is 20.7. The molecule has 1 atom stereocenters. The highest BCUT2D eigenvalue weighted by atomic mass is 32.2. The highest BCUT2D eigenvalue weighted by molar-refractivity contribution is 7.89. The molecule has 154 valence electrons. The Morgan fingerprint density at radius 3 is 2.38 bits per heavy atom. The van der Waals surface area contributed by atoms with E-state index in [0.717, 1.165) is 23.2 Å². The van der Waals surface area contributed by atoms with Crippen LogP contribution < -0.4 is 4.90 Å². The molecule has 0 bridgehead atoms. The van der Waals surface area contributed by atoms with Crippen molar-refractivity contribution in [1.82, 2.24) is 4.31 Å². The van der Waals surface area contributed by atoms with Crippen LogP contribution in [0.4, 0.5) is 5.69 Å². The Morgan fingerprint density at radius 2 is 1.69 bits per heavy atom. The summed E-state index contributed by atoms with van der Waals surface area (Å²) in [5.74, 6) is 0.000452. The predicted octanol–water partition coefficient (Wildman–Crippen LogP) is 3.68. The zero-order valence-electron chi connectivity index (χ0n) is 17.3. The first kappa shape index (κ1) is 20.1. The smallest absolute Gasteiger partial charge is 0.243 e. The number of rotatable bonds is 3. The molecule has 6 heteroatoms. The van der Waals surface area contributed by atoms with Crippen LogP contribution in [0.25, 0.3) is 0 Å². The summed E-state index contributed by atoms with van der Waals surface area (Å²) < 4.78 is 27.6. The molecule has 2 aromatic rings. The first-order valence-electron chi connectivity index (χ1n) is 10.3. The molecule has 0 radical (unpaired) electrons. The molecule has 1 amide bonds. The maximum atomic E-state index is 13.2. The van der Waals surface area contributed by atoms with Crippen molar-refractivity contribution in [3.8, 4) is 0 Å². The highest BCUT2D eigenvalue weighted by Crippen LogP contribution is 2.35. The fourth-order valence-electron chi connectivity index (χ4n) is 4.46. The van der Waals surface area contributed by atoms with E-state index in [1.54, 1.807) is 12.1 Å². The molecular weight excluding hydrogens is 384 g/mol. The van der Waals surface area contributed by atoms with Crippen LogP contribution >= 0.6 is 0 Å². The standard InChI is InChI=1S/C23H28N2O3S/c1-16-8-9-21(14-17(16)2)29(27,28)24-12-10-19(11-13-24)23(26)25-18(3)15-20-6-4-5-7-22(20)25/h4-9,14,18-19H,10-13,15H2,1-3H3. The van der Waals surface area contributed by atoms with Gasteiger partial charge in [0.2, 0.25) is 15.9 Å². The lowest BCUT2D eigenvalue weighted by molar-refractivity contribution is -0.123. The number of carbonyl (C=O) groups is 1. The summed E-state index contributed by atoms with van der Waals surface area (Å²) in [5.41, 5.74) is 4.27. The van der Waals surface area contributed by atoms with Gasteiger partial charge in [0.25, 0.3) is 0 Å². The number of sulfonamides is 1. The number of hydrogen-bond acceptors (Lipinski definition) is 3. The van der Waals surface area contributed by atoms with E-state index < -0.39 is 10.0 Å². The molecule has 2 aliphatic rings. The Bertz CT molecular complexity index is 1040. The van der Waals surface area contributed by atoms with Crippen LogP contribution in [0.2, 0.25) is 0 Å². The molecule has 0 spiro atoms. The van der Waals surface area contributed by atoms with Crippen molar-refractivity contribution in [2.75, 3.05) is 18.0 Å². The summed E-state index contributed by atoms with van der Waals surface area (Å²) in [7, 11) is -3.52. The number of aryl methyl sites for hydroxylation is 2. The molecule has 4 rings (SSSR count). The fourth-order valence-corrected chi connectivity index (χ4v) is 6.02. The molecule has 0 aliphatic carbocycles. The van der Waals surface area contributed by atoms with Gasteiger partial charge in [-0.3, -0.25) is 4.79 Å². The summed E-state index contributed by atoms with van der Waals surface area (Å²) >= 11 is 0. The Balaban J connectivity index is 1.47. The molecule has 2 aromatic carbocycles. The van der Waals surface area contributed by atoms with E-state index in [9.17, 15) is 13.2 Å². The Kier molecular flexibility index (Phi) is 5.25. The first-order valence-corrected chi connectivity index (χ1v) is 11.7. The Morgan fingerprint density at radius 1 is 1.00 bits per heavy atom. The number of nitrogens with zero attached hydrogens (tertiary/aromatic N) is 2. The number of para-hydroxylation sites is 1. The zero-order valence-corrected chi connectivity index (χ0v) is 18.1. The molecule has 1 unspecified atom stereocenters. The molecule has 1 saturated heterocycles. The SMILES string of the molecule is Cc1ccc(S(=O)(=O)N2CCC(C(=O)N3c4ccccc4CC3C)CC2)cc1C. The van der Waals surface area contributed by atoms with Crippen molar-refractivity contribution in [3.05, 3.63) is 59.2 Å². The summed E-state index contributed by atoms with van der Waals surface area (Å²) in [5, 5.41) is 0. The van der Waals surface area contributed by atoms with E-state index in [-0.39, 0.29) is 17.9 Å². The molecule has 2 heterocycles. The van der Waals surface area contributed by atoms with Crippen molar-refractivity contribution in [2.24, 2.45) is 5.92 Å². The van der Waals surface area contributed by atoms with Gasteiger partial charge in [-0.1, -0.05) is 24.3 Å². The first-order chi connectivity index (χ1) is 13.8. The van der Waals surface area contributed by atoms with Crippen molar-refractivity contribution in [1.29, 1.82) is 0 Å². The van der Waals surface area contributed by atoms with Gasteiger partial charge in [-0.2, -0.15) is 4.31 Å². The second-order valence-electron chi connectivity index (χ2n) is 8.31. The van der Waals surface area contributed by atoms with E-state index >= 15 is 0 Å². The van der Waals surface area contributed by atoms with Gasteiger partial charge in [0.15, 0.2) is 0 Å². The highest BCUT2D eigenvalue weighted by Gasteiger charge is 2.38. The maximum Gasteiger partial charge on any atom is 0.243 e. The molecule has 0 N–H and O–H groups in total. The lowest BCUT2D eigenvalue weighted by atomic mass is 9.96. The van der Waals surface area contributed by atoms with Crippen LogP contribution in [0.15, 0.2) is 47.4 Å². The summed E-state index contributed by atoms with van der Waals surface area (Å²) in [4.78, 5) is 15.5. The van der Waals surface area contributed by atoms with Gasteiger partial charge in [0.05, 0.1) is 4.90 Å². The molecule has 2 aliphatic heterocycles. The van der Waals surface area contributed by atoms with Crippen molar-refractivity contribution < 1.29 is 13.2 Å². The van der Waals surface area contributed by atoms with Gasteiger partial charge >= 0.3 is 0 Å². The zero-order chi connectivity index (χ0) is 20.8. The molecule has 0 aromatic heterocycles. The second kappa shape index (κ2) is 7.58. The molecule has 29 heavy (non-hydrogen) atoms. The molecule has 1 fully saturated rings. The van der Waals surface area contributed by atoms with Gasteiger partial charge in [0.1, 0.15) is 0 Å². The second-order valence-corrected chi connectivity index (χ2v) is 10.3. The summed E-state index contributed by atoms with van der Waals surface area (Å²) in [6.07, 6.45) is 2.00. The van der Waals surface area contributed by atoms with Crippen LogP contribution in [0, 0.1) is 19.8 Å². The van der Waals surface area contributed by atoms with Gasteiger partial charge in [-0.05, 0) is 74.9 Å². The average molecular weight is 413 g/mol. The minimum Gasteiger partial charge on any atom is -0.309 e. The number of piperidine rings is 1. The summed E-state index contributed by atoms with van der Waals surface area (Å²) in [6, 6.07) is 13.5. The average Bonchev–Trinajstić information content (AvgIpc) is 3.05. The number of amides is 1. The largest absolute Gasteiger partial charge is 0.309 e. The lowest BCUT2D eigenvalue weighted by Crippen LogP contribution is -2.46. The number of hydrogen-bond donors (Lipinski definition) is 0. The van der Waals surface area contributed by atoms with E-state index in [2.05, 4.69) is 13.0 Å². The monoisotopic (exact) mass is 412 g/mol. The Labute approximate surface area is 173 Å². The van der Waals surface area contributed by atoms with Gasteiger partial charge < -0.3 is 4.90 Å². The van der Waals surface area contributed by atoms with E-state index in [1.807, 2.05) is 43.0 Å². The molecule has 0 saturated carbocycles. The molecule has 5 nitrogen and oxygen atoms in total. The van der Waals surface area contributed by atoms with Crippen LogP contribution in [-0.2, 0) is 21.2 Å². The van der Waals surface area contributed by atoms with Crippen molar-refractivity contribution in [3.63, 3.8) is 0 Å². The van der Waals surface area contributed by atoms with Gasteiger partial charge in [-0.15, -0.1) is 0 Å². The van der Waals surface area contributed by atoms with Crippen LogP contribution in [0.1, 0.15) is 36.5 Å². The summed E-state index contributed by atoms with van der Waals surface area (Å²) in [6.45, 7) is 6.75. The van der Waals surface area contributed by atoms with Crippen LogP contribution in [-0.4, -0.2) is 37.8 Å². The van der Waals surface area contributed by atoms with Crippen molar-refractivity contribution >= 4 is 21.6 Å². The van der Waals surface area contributed by atoms with E-state index in [4.69, 9.17) is 0 Å². The lowest BCUT2D eigenvalue weighted by Gasteiger charge is -2.34. The number of anilines is 1.